The zero-order valence-electron chi connectivity index (χ0n) is 6.62. The molecule has 0 bridgehead atoms. The van der Waals surface area contributed by atoms with Gasteiger partial charge in [-0.25, -0.2) is 0 Å². The fourth-order valence-electron chi connectivity index (χ4n) is 1.45. The first kappa shape index (κ1) is 7.58. The molecule has 12 heavy (non-hydrogen) atoms. The molecule has 0 saturated heterocycles. The van der Waals surface area contributed by atoms with Crippen LogP contribution in [0.15, 0.2) is 18.2 Å². The zero-order chi connectivity index (χ0) is 8.72. The van der Waals surface area contributed by atoms with Crippen molar-refractivity contribution in [3.8, 4) is 0 Å². The quantitative estimate of drug-likeness (QED) is 0.470. The number of hydrogen-bond acceptors (Lipinski definition) is 3. The van der Waals surface area contributed by atoms with Gasteiger partial charge >= 0.3 is 0 Å². The predicted octanol–water partition coefficient (Wildman–Crippen LogP) is 0.0389. The molecule has 2 radical (unpaired) electrons. The average Bonchev–Trinajstić information content (AvgIpc) is 2.28. The van der Waals surface area contributed by atoms with Gasteiger partial charge in [-0.2, -0.15) is 0 Å². The van der Waals surface area contributed by atoms with E-state index in [-0.39, 0.29) is 12.1 Å². The molecule has 1 aromatic carbocycles. The van der Waals surface area contributed by atoms with Gasteiger partial charge in [0.05, 0.1) is 0 Å². The minimum atomic E-state index is -0.193. The highest BCUT2D eigenvalue weighted by Gasteiger charge is 2.27. The maximum Gasteiger partial charge on any atom is 0.0461 e. The van der Waals surface area contributed by atoms with Crippen LogP contribution in [0.2, 0.25) is 0 Å². The van der Waals surface area contributed by atoms with Crippen molar-refractivity contribution >= 4 is 5.69 Å². The summed E-state index contributed by atoms with van der Waals surface area (Å²) in [6.45, 7) is 0. The lowest BCUT2D eigenvalue weighted by Crippen LogP contribution is -2.29. The standard InChI is InChI=1S/C9H11N3/c10-6-1-2-7-5(3-6)4-8(11)9(7)12/h1-3,8-9H,10-12H2. The number of fused-ring (bicyclic) bond motifs is 1. The molecule has 1 aromatic rings. The number of benzene rings is 1. The summed E-state index contributed by atoms with van der Waals surface area (Å²) < 4.78 is 0. The Labute approximate surface area is 71.5 Å². The average molecular weight is 161 g/mol. The molecular weight excluding hydrogens is 150 g/mol. The molecule has 3 heteroatoms. The van der Waals surface area contributed by atoms with E-state index in [4.69, 9.17) is 17.2 Å². The van der Waals surface area contributed by atoms with Crippen molar-refractivity contribution in [3.63, 3.8) is 0 Å². The molecule has 1 aliphatic rings. The molecule has 2 unspecified atom stereocenters. The van der Waals surface area contributed by atoms with E-state index in [1.165, 1.54) is 0 Å². The van der Waals surface area contributed by atoms with Gasteiger partial charge in [0, 0.05) is 24.2 Å². The van der Waals surface area contributed by atoms with Crippen LogP contribution in [0.25, 0.3) is 0 Å². The Hall–Kier alpha value is -1.06. The van der Waals surface area contributed by atoms with Crippen LogP contribution in [0.5, 0.6) is 0 Å². The van der Waals surface area contributed by atoms with Crippen LogP contribution in [0.4, 0.5) is 5.69 Å². The van der Waals surface area contributed by atoms with Gasteiger partial charge in [0.1, 0.15) is 0 Å². The maximum atomic E-state index is 5.81. The van der Waals surface area contributed by atoms with Crippen molar-refractivity contribution in [2.24, 2.45) is 11.5 Å². The smallest absolute Gasteiger partial charge is 0.0461 e. The Bertz CT molecular complexity index is 309. The first-order chi connectivity index (χ1) is 5.68. The second kappa shape index (κ2) is 2.47. The van der Waals surface area contributed by atoms with Crippen LogP contribution >= 0.6 is 0 Å². The largest absolute Gasteiger partial charge is 0.399 e. The van der Waals surface area contributed by atoms with Crippen molar-refractivity contribution in [3.05, 3.63) is 35.7 Å². The molecule has 2 rings (SSSR count). The summed E-state index contributed by atoms with van der Waals surface area (Å²) in [6, 6.07) is 5.28. The van der Waals surface area contributed by atoms with Crippen molar-refractivity contribution in [2.45, 2.75) is 12.1 Å². The molecule has 0 aromatic heterocycles. The van der Waals surface area contributed by atoms with Crippen LogP contribution in [0.3, 0.4) is 0 Å². The minimum Gasteiger partial charge on any atom is -0.399 e. The van der Waals surface area contributed by atoms with Crippen molar-refractivity contribution in [1.82, 2.24) is 0 Å². The Morgan fingerprint density at radius 2 is 2.00 bits per heavy atom. The zero-order valence-corrected chi connectivity index (χ0v) is 6.62. The van der Waals surface area contributed by atoms with Gasteiger partial charge < -0.3 is 17.2 Å². The first-order valence-electron chi connectivity index (χ1n) is 3.85. The topological polar surface area (TPSA) is 78.1 Å². The van der Waals surface area contributed by atoms with Crippen LogP contribution in [-0.2, 0) is 0 Å². The number of nitrogen functional groups attached to an aromatic ring is 1. The van der Waals surface area contributed by atoms with E-state index >= 15 is 0 Å². The second-order valence-electron chi connectivity index (χ2n) is 3.04. The first-order valence-corrected chi connectivity index (χ1v) is 3.85. The molecule has 6 N–H and O–H groups in total. The van der Waals surface area contributed by atoms with Crippen LogP contribution in [0.1, 0.15) is 17.2 Å². The Balaban J connectivity index is 2.47. The molecule has 0 fully saturated rings. The summed E-state index contributed by atoms with van der Waals surface area (Å²) in [5.41, 5.74) is 19.8. The van der Waals surface area contributed by atoms with Gasteiger partial charge in [-0.1, -0.05) is 6.07 Å². The summed E-state index contributed by atoms with van der Waals surface area (Å²) in [6.07, 6.45) is 3.06. The minimum absolute atomic E-state index is 0.124. The predicted molar refractivity (Wildman–Crippen MR) is 48.1 cm³/mol. The maximum absolute atomic E-state index is 5.81. The molecule has 0 heterocycles. The molecule has 62 valence electrons. The lowest BCUT2D eigenvalue weighted by Gasteiger charge is -2.08. The lowest BCUT2D eigenvalue weighted by atomic mass is 10.1. The van der Waals surface area contributed by atoms with Crippen molar-refractivity contribution < 1.29 is 0 Å². The number of hydrogen-bond donors (Lipinski definition) is 3. The highest BCUT2D eigenvalue weighted by Crippen LogP contribution is 2.30. The molecule has 0 amide bonds. The SMILES string of the molecule is Nc1ccc2c(c1)[C]C(N)C2N. The van der Waals surface area contributed by atoms with Gasteiger partial charge in [-0.3, -0.25) is 0 Å². The monoisotopic (exact) mass is 161 g/mol. The van der Waals surface area contributed by atoms with Crippen molar-refractivity contribution in [1.29, 1.82) is 0 Å². The molecule has 2 atom stereocenters. The fraction of sp³-hybridized carbons (Fsp3) is 0.222. The van der Waals surface area contributed by atoms with E-state index in [1.54, 1.807) is 0 Å². The summed E-state index contributed by atoms with van der Waals surface area (Å²) in [7, 11) is 0. The van der Waals surface area contributed by atoms with E-state index in [1.807, 2.05) is 18.2 Å². The van der Waals surface area contributed by atoms with Crippen LogP contribution < -0.4 is 17.2 Å². The molecular formula is C9H11N3. The van der Waals surface area contributed by atoms with E-state index in [0.29, 0.717) is 0 Å². The van der Waals surface area contributed by atoms with Gasteiger partial charge in [-0.05, 0) is 23.3 Å². The van der Waals surface area contributed by atoms with E-state index in [9.17, 15) is 0 Å². The third-order valence-electron chi connectivity index (χ3n) is 2.15. The third kappa shape index (κ3) is 0.983. The Kier molecular flexibility index (Phi) is 1.56. The number of anilines is 1. The van der Waals surface area contributed by atoms with Crippen molar-refractivity contribution in [2.75, 3.05) is 5.73 Å². The van der Waals surface area contributed by atoms with Crippen LogP contribution in [-0.4, -0.2) is 6.04 Å². The molecule has 3 nitrogen and oxygen atoms in total. The molecule has 0 aliphatic heterocycles. The molecule has 0 saturated carbocycles. The molecule has 0 spiro atoms. The summed E-state index contributed by atoms with van der Waals surface area (Å²) in [4.78, 5) is 0. The lowest BCUT2D eigenvalue weighted by molar-refractivity contribution is 0.649. The second-order valence-corrected chi connectivity index (χ2v) is 3.04. The number of rotatable bonds is 0. The number of nitrogens with two attached hydrogens (primary N) is 3. The summed E-state index contributed by atoms with van der Waals surface area (Å²) in [5, 5.41) is 0. The molecule has 1 aliphatic carbocycles. The van der Waals surface area contributed by atoms with Gasteiger partial charge in [0.15, 0.2) is 0 Å². The summed E-state index contributed by atoms with van der Waals surface area (Å²) >= 11 is 0. The highest BCUT2D eigenvalue weighted by molar-refractivity contribution is 5.52. The van der Waals surface area contributed by atoms with E-state index < -0.39 is 0 Å². The van der Waals surface area contributed by atoms with E-state index in [0.717, 1.165) is 16.8 Å². The van der Waals surface area contributed by atoms with Gasteiger partial charge in [0.2, 0.25) is 0 Å². The van der Waals surface area contributed by atoms with Gasteiger partial charge in [-0.15, -0.1) is 0 Å². The Morgan fingerprint density at radius 3 is 2.75 bits per heavy atom. The summed E-state index contributed by atoms with van der Waals surface area (Å²) in [5.74, 6) is 0. The Morgan fingerprint density at radius 1 is 1.25 bits per heavy atom. The fourth-order valence-corrected chi connectivity index (χ4v) is 1.45. The third-order valence-corrected chi connectivity index (χ3v) is 2.15. The van der Waals surface area contributed by atoms with Gasteiger partial charge in [0.25, 0.3) is 0 Å². The van der Waals surface area contributed by atoms with Crippen LogP contribution in [0, 0.1) is 6.42 Å². The normalized spacial score (nSPS) is 27.2. The van der Waals surface area contributed by atoms with E-state index in [2.05, 4.69) is 6.42 Å². The highest BCUT2D eigenvalue weighted by atomic mass is 14.8.